The van der Waals surface area contributed by atoms with Gasteiger partial charge in [0.15, 0.2) is 0 Å². The van der Waals surface area contributed by atoms with Gasteiger partial charge in [0.1, 0.15) is 6.73 Å². The van der Waals surface area contributed by atoms with E-state index in [-0.39, 0.29) is 12.2 Å². The molecule has 1 aromatic heterocycles. The molecule has 0 amide bonds. The summed E-state index contributed by atoms with van der Waals surface area (Å²) in [4.78, 5) is 13.8. The molecule has 122 valence electrons. The fraction of sp³-hybridized carbons (Fsp3) is 0.158. The van der Waals surface area contributed by atoms with Crippen LogP contribution < -0.4 is 5.43 Å². The van der Waals surface area contributed by atoms with Gasteiger partial charge in [-0.3, -0.25) is 4.79 Å². The second-order valence-electron chi connectivity index (χ2n) is 5.24. The van der Waals surface area contributed by atoms with E-state index in [1.165, 1.54) is 6.20 Å². The van der Waals surface area contributed by atoms with Crippen LogP contribution in [0.25, 0.3) is 22.4 Å². The molecule has 0 saturated heterocycles. The Morgan fingerprint density at radius 1 is 1.04 bits per heavy atom. The van der Waals surface area contributed by atoms with Gasteiger partial charge in [0.25, 0.3) is 0 Å². The number of ether oxygens (including phenoxy) is 1. The van der Waals surface area contributed by atoms with Crippen LogP contribution in [0.15, 0.2) is 70.5 Å². The molecule has 3 rings (SSSR count). The average molecular weight is 338 g/mol. The Bertz CT molecular complexity index is 874. The van der Waals surface area contributed by atoms with E-state index >= 15 is 0 Å². The molecule has 0 radical (unpaired) electrons. The molecule has 4 nitrogen and oxygen atoms in total. The van der Waals surface area contributed by atoms with Crippen molar-refractivity contribution < 1.29 is 4.74 Å². The number of rotatable bonds is 5. The fourth-order valence-electron chi connectivity index (χ4n) is 2.64. The number of benzene rings is 2. The summed E-state index contributed by atoms with van der Waals surface area (Å²) in [5.41, 5.74) is 3.12. The summed E-state index contributed by atoms with van der Waals surface area (Å²) >= 11 is 1.67. The summed E-state index contributed by atoms with van der Waals surface area (Å²) in [7, 11) is 1.61. The van der Waals surface area contributed by atoms with E-state index in [0.717, 1.165) is 21.7 Å². The predicted molar refractivity (Wildman–Crippen MR) is 98.2 cm³/mol. The minimum absolute atomic E-state index is 0.0990. The van der Waals surface area contributed by atoms with Crippen LogP contribution in [0, 0.1) is 0 Å². The first-order chi connectivity index (χ1) is 11.7. The predicted octanol–water partition coefficient (Wildman–Crippen LogP) is 3.90. The molecular formula is C19H18N2O2S. The Kier molecular flexibility index (Phi) is 5.13. The Hall–Kier alpha value is -2.37. The summed E-state index contributed by atoms with van der Waals surface area (Å²) in [6.45, 7) is 0.278. The van der Waals surface area contributed by atoms with Gasteiger partial charge in [0.05, 0.1) is 17.5 Å². The van der Waals surface area contributed by atoms with Crippen LogP contribution in [0.4, 0.5) is 0 Å². The minimum atomic E-state index is -0.0990. The molecule has 24 heavy (non-hydrogen) atoms. The van der Waals surface area contributed by atoms with Crippen molar-refractivity contribution in [2.24, 2.45) is 0 Å². The molecule has 1 heterocycles. The lowest BCUT2D eigenvalue weighted by Gasteiger charge is -2.16. The topological polar surface area (TPSA) is 44.1 Å². The molecule has 2 aromatic carbocycles. The Morgan fingerprint density at radius 2 is 1.75 bits per heavy atom. The van der Waals surface area contributed by atoms with Crippen molar-refractivity contribution in [2.75, 3.05) is 13.4 Å². The first-order valence-electron chi connectivity index (χ1n) is 7.53. The van der Waals surface area contributed by atoms with Crippen LogP contribution in [-0.4, -0.2) is 23.1 Å². The SMILES string of the molecule is COCn1ncc(=O)c(-c2ccc(SC)cc2)c1-c1ccccc1. The van der Waals surface area contributed by atoms with Crippen molar-refractivity contribution >= 4 is 11.8 Å². The van der Waals surface area contributed by atoms with Gasteiger partial charge in [-0.1, -0.05) is 42.5 Å². The second kappa shape index (κ2) is 7.47. The average Bonchev–Trinajstić information content (AvgIpc) is 2.64. The largest absolute Gasteiger partial charge is 0.362 e. The molecule has 0 aliphatic carbocycles. The van der Waals surface area contributed by atoms with E-state index in [2.05, 4.69) is 5.10 Å². The quantitative estimate of drug-likeness (QED) is 0.662. The van der Waals surface area contributed by atoms with Gasteiger partial charge in [-0.05, 0) is 24.0 Å². The van der Waals surface area contributed by atoms with Crippen molar-refractivity contribution in [2.45, 2.75) is 11.6 Å². The summed E-state index contributed by atoms with van der Waals surface area (Å²) in [5, 5.41) is 4.24. The summed E-state index contributed by atoms with van der Waals surface area (Å²) < 4.78 is 6.97. The van der Waals surface area contributed by atoms with E-state index in [9.17, 15) is 4.79 Å². The highest BCUT2D eigenvalue weighted by Crippen LogP contribution is 2.30. The summed E-state index contributed by atoms with van der Waals surface area (Å²) in [6.07, 6.45) is 3.38. The first-order valence-corrected chi connectivity index (χ1v) is 8.76. The Balaban J connectivity index is 2.27. The van der Waals surface area contributed by atoms with Crippen LogP contribution in [0.5, 0.6) is 0 Å². The highest BCUT2D eigenvalue weighted by Gasteiger charge is 2.16. The van der Waals surface area contributed by atoms with Gasteiger partial charge in [0.2, 0.25) is 5.43 Å². The van der Waals surface area contributed by atoms with Crippen LogP contribution in [0.3, 0.4) is 0 Å². The van der Waals surface area contributed by atoms with Crippen LogP contribution in [0.2, 0.25) is 0 Å². The van der Waals surface area contributed by atoms with Gasteiger partial charge >= 0.3 is 0 Å². The highest BCUT2D eigenvalue weighted by molar-refractivity contribution is 7.98. The number of methoxy groups -OCH3 is 1. The van der Waals surface area contributed by atoms with Crippen molar-refractivity contribution in [1.82, 2.24) is 9.78 Å². The third kappa shape index (κ3) is 3.27. The van der Waals surface area contributed by atoms with Gasteiger partial charge in [-0.25, -0.2) is 4.68 Å². The summed E-state index contributed by atoms with van der Waals surface area (Å²) in [5.74, 6) is 0. The van der Waals surface area contributed by atoms with Gasteiger partial charge in [-0.2, -0.15) is 5.10 Å². The van der Waals surface area contributed by atoms with E-state index in [1.54, 1.807) is 23.6 Å². The number of hydrogen-bond acceptors (Lipinski definition) is 4. The van der Waals surface area contributed by atoms with E-state index in [0.29, 0.717) is 5.56 Å². The maximum atomic E-state index is 12.6. The molecule has 0 spiro atoms. The second-order valence-corrected chi connectivity index (χ2v) is 6.12. The molecule has 5 heteroatoms. The van der Waals surface area contributed by atoms with Gasteiger partial charge < -0.3 is 4.74 Å². The van der Waals surface area contributed by atoms with Gasteiger partial charge in [-0.15, -0.1) is 11.8 Å². The maximum absolute atomic E-state index is 12.6. The van der Waals surface area contributed by atoms with Gasteiger partial charge in [0, 0.05) is 17.6 Å². The lowest BCUT2D eigenvalue weighted by Crippen LogP contribution is -2.17. The lowest BCUT2D eigenvalue weighted by atomic mass is 9.99. The molecule has 0 aliphatic rings. The van der Waals surface area contributed by atoms with E-state index < -0.39 is 0 Å². The van der Waals surface area contributed by atoms with Crippen molar-refractivity contribution in [1.29, 1.82) is 0 Å². The highest BCUT2D eigenvalue weighted by atomic mass is 32.2. The molecule has 0 aliphatic heterocycles. The van der Waals surface area contributed by atoms with E-state index in [4.69, 9.17) is 4.74 Å². The molecule has 0 bridgehead atoms. The minimum Gasteiger partial charge on any atom is -0.362 e. The van der Waals surface area contributed by atoms with Crippen LogP contribution in [-0.2, 0) is 11.5 Å². The van der Waals surface area contributed by atoms with Crippen molar-refractivity contribution in [3.05, 3.63) is 71.0 Å². The fourth-order valence-corrected chi connectivity index (χ4v) is 3.04. The standard InChI is InChI=1S/C19H18N2O2S/c1-23-13-21-19(15-6-4-3-5-7-15)18(17(22)12-20-21)14-8-10-16(24-2)11-9-14/h3-12H,13H2,1-2H3. The monoisotopic (exact) mass is 338 g/mol. The molecule has 0 unspecified atom stereocenters. The van der Waals surface area contributed by atoms with Crippen LogP contribution in [0.1, 0.15) is 0 Å². The van der Waals surface area contributed by atoms with Crippen LogP contribution >= 0.6 is 11.8 Å². The zero-order valence-electron chi connectivity index (χ0n) is 13.6. The number of hydrogen-bond donors (Lipinski definition) is 0. The number of thioether (sulfide) groups is 1. The zero-order chi connectivity index (χ0) is 16.9. The zero-order valence-corrected chi connectivity index (χ0v) is 14.4. The third-order valence-electron chi connectivity index (χ3n) is 3.73. The van der Waals surface area contributed by atoms with Crippen molar-refractivity contribution in [3.8, 4) is 22.4 Å². The molecule has 0 N–H and O–H groups in total. The third-order valence-corrected chi connectivity index (χ3v) is 4.48. The Morgan fingerprint density at radius 3 is 2.38 bits per heavy atom. The number of nitrogens with zero attached hydrogens (tertiary/aromatic N) is 2. The molecule has 0 saturated carbocycles. The first kappa shape index (κ1) is 16.5. The maximum Gasteiger partial charge on any atom is 0.208 e. The molecule has 0 fully saturated rings. The normalized spacial score (nSPS) is 10.8. The lowest BCUT2D eigenvalue weighted by molar-refractivity contribution is 0.121. The molecule has 0 atom stereocenters. The van der Waals surface area contributed by atoms with E-state index in [1.807, 2.05) is 60.9 Å². The van der Waals surface area contributed by atoms with Crippen molar-refractivity contribution in [3.63, 3.8) is 0 Å². The summed E-state index contributed by atoms with van der Waals surface area (Å²) in [6, 6.07) is 17.8. The molecular weight excluding hydrogens is 320 g/mol. The molecule has 3 aromatic rings. The Labute approximate surface area is 145 Å². The number of aromatic nitrogens is 2. The smallest absolute Gasteiger partial charge is 0.208 e.